The van der Waals surface area contributed by atoms with Crippen LogP contribution >= 0.6 is 22.7 Å². The van der Waals surface area contributed by atoms with Gasteiger partial charge >= 0.3 is 0 Å². The average molecular weight is 597 g/mol. The average Bonchev–Trinajstić information content (AvgIpc) is 3.60. The first-order valence-electron chi connectivity index (χ1n) is 16.2. The fourth-order valence-electron chi connectivity index (χ4n) is 5.71. The third-order valence-corrected chi connectivity index (χ3v) is 10.2. The lowest BCUT2D eigenvalue weighted by Crippen LogP contribution is -2.41. The Morgan fingerprint density at radius 2 is 1.37 bits per heavy atom. The van der Waals surface area contributed by atoms with Gasteiger partial charge in [-0.05, 0) is 79.3 Å². The van der Waals surface area contributed by atoms with Crippen LogP contribution in [0.25, 0.3) is 0 Å². The number of imidazole rings is 1. The van der Waals surface area contributed by atoms with Crippen molar-refractivity contribution in [3.05, 3.63) is 52.2 Å². The summed E-state index contributed by atoms with van der Waals surface area (Å²) in [6, 6.07) is 4.87. The number of aromatic nitrogens is 2. The van der Waals surface area contributed by atoms with Gasteiger partial charge in [0.25, 0.3) is 0 Å². The topological polar surface area (TPSA) is 17.8 Å². The van der Waals surface area contributed by atoms with E-state index in [0.29, 0.717) is 12.5 Å². The third kappa shape index (κ3) is 11.4. The molecule has 0 aliphatic carbocycles. The maximum atomic E-state index is 4.32. The number of hydrogen-bond acceptors (Lipinski definition) is 3. The minimum atomic E-state index is 0.238. The molecule has 3 aromatic heterocycles. The summed E-state index contributed by atoms with van der Waals surface area (Å²) in [5.74, 6) is 3.07. The van der Waals surface area contributed by atoms with E-state index in [4.69, 9.17) is 0 Å². The number of hydrogen-bond donors (Lipinski definition) is 0. The molecule has 0 spiro atoms. The summed E-state index contributed by atoms with van der Waals surface area (Å²) in [4.78, 5) is 4.32. The lowest BCUT2D eigenvalue weighted by atomic mass is 9.40. The smallest absolute Gasteiger partial charge is 0.237 e. The van der Waals surface area contributed by atoms with Gasteiger partial charge in [-0.1, -0.05) is 121 Å². The van der Waals surface area contributed by atoms with E-state index >= 15 is 0 Å². The SMILES string of the molecule is CC(C)B(c1cc(C(C)(C)C)cs1)c1cc(C(C)(C)C)cs1.CCCc1cncn1CC(CC)CC(C)CC(C)C. The van der Waals surface area contributed by atoms with E-state index in [2.05, 4.69) is 122 Å². The van der Waals surface area contributed by atoms with Crippen molar-refractivity contribution in [3.8, 4) is 0 Å². The Kier molecular flexibility index (Phi) is 13.9. The van der Waals surface area contributed by atoms with Gasteiger partial charge in [0.2, 0.25) is 6.71 Å². The van der Waals surface area contributed by atoms with Crippen molar-refractivity contribution in [1.82, 2.24) is 9.55 Å². The lowest BCUT2D eigenvalue weighted by Gasteiger charge is -2.22. The van der Waals surface area contributed by atoms with Gasteiger partial charge in [-0.15, -0.1) is 0 Å². The highest BCUT2D eigenvalue weighted by atomic mass is 32.1. The fourth-order valence-corrected chi connectivity index (χ4v) is 8.64. The summed E-state index contributed by atoms with van der Waals surface area (Å²) in [7, 11) is 0. The van der Waals surface area contributed by atoms with Crippen molar-refractivity contribution >= 4 is 38.9 Å². The highest BCUT2D eigenvalue weighted by molar-refractivity contribution is 7.31. The fraction of sp³-hybridized carbons (Fsp3) is 0.694. The summed E-state index contributed by atoms with van der Waals surface area (Å²) in [5, 5.41) is 4.70. The number of nitrogens with zero attached hydrogens (tertiary/aromatic N) is 2. The molecule has 3 rings (SSSR count). The van der Waals surface area contributed by atoms with Crippen LogP contribution in [0.3, 0.4) is 0 Å². The third-order valence-electron chi connectivity index (χ3n) is 8.20. The Balaban J connectivity index is 0.000000290. The molecule has 0 radical (unpaired) electrons. The van der Waals surface area contributed by atoms with Gasteiger partial charge in [-0.25, -0.2) is 4.98 Å². The van der Waals surface area contributed by atoms with Crippen LogP contribution in [0.1, 0.15) is 133 Å². The Hall–Kier alpha value is -1.33. The Labute approximate surface area is 262 Å². The number of aryl methyl sites for hydroxylation is 1. The molecular weight excluding hydrogens is 535 g/mol. The summed E-state index contributed by atoms with van der Waals surface area (Å²) >= 11 is 3.86. The summed E-state index contributed by atoms with van der Waals surface area (Å²) in [5.41, 5.74) is 4.80. The predicted molar refractivity (Wildman–Crippen MR) is 189 cm³/mol. The van der Waals surface area contributed by atoms with E-state index < -0.39 is 0 Å². The zero-order valence-corrected chi connectivity index (χ0v) is 30.4. The maximum Gasteiger partial charge on any atom is 0.237 e. The second kappa shape index (κ2) is 15.9. The minimum absolute atomic E-state index is 0.238. The Morgan fingerprint density at radius 3 is 1.76 bits per heavy atom. The molecule has 230 valence electrons. The molecular formula is C36H61BN2S2. The van der Waals surface area contributed by atoms with E-state index in [0.717, 1.165) is 30.7 Å². The van der Waals surface area contributed by atoms with E-state index in [-0.39, 0.29) is 10.8 Å². The van der Waals surface area contributed by atoms with Crippen molar-refractivity contribution < 1.29 is 0 Å². The Bertz CT molecular complexity index is 1090. The molecule has 0 fully saturated rings. The molecule has 2 atom stereocenters. The largest absolute Gasteiger partial charge is 0.334 e. The molecule has 0 amide bonds. The van der Waals surface area contributed by atoms with E-state index in [1.54, 1.807) is 0 Å². The molecule has 0 aromatic carbocycles. The van der Waals surface area contributed by atoms with Crippen molar-refractivity contribution in [2.24, 2.45) is 17.8 Å². The predicted octanol–water partition coefficient (Wildman–Crippen LogP) is 10.4. The van der Waals surface area contributed by atoms with E-state index in [9.17, 15) is 0 Å². The van der Waals surface area contributed by atoms with E-state index in [1.807, 2.05) is 35.2 Å². The van der Waals surface area contributed by atoms with Gasteiger partial charge in [0, 0.05) is 18.4 Å². The molecule has 0 saturated carbocycles. The van der Waals surface area contributed by atoms with Gasteiger partial charge in [0.15, 0.2) is 0 Å². The first-order chi connectivity index (χ1) is 19.1. The monoisotopic (exact) mass is 596 g/mol. The summed E-state index contributed by atoms with van der Waals surface area (Å²) < 4.78 is 5.41. The van der Waals surface area contributed by atoms with Gasteiger partial charge in [0.05, 0.1) is 6.33 Å². The molecule has 2 unspecified atom stereocenters. The van der Waals surface area contributed by atoms with Crippen LogP contribution in [0, 0.1) is 17.8 Å². The van der Waals surface area contributed by atoms with E-state index in [1.165, 1.54) is 52.1 Å². The first-order valence-corrected chi connectivity index (χ1v) is 18.0. The molecule has 2 nitrogen and oxygen atoms in total. The van der Waals surface area contributed by atoms with Crippen molar-refractivity contribution in [3.63, 3.8) is 0 Å². The second-order valence-electron chi connectivity index (χ2n) is 15.2. The van der Waals surface area contributed by atoms with Crippen LogP contribution < -0.4 is 9.55 Å². The van der Waals surface area contributed by atoms with Gasteiger partial charge in [-0.2, -0.15) is 22.7 Å². The molecule has 3 heterocycles. The minimum Gasteiger partial charge on any atom is -0.334 e. The molecule has 3 aromatic rings. The van der Waals surface area contributed by atoms with Crippen LogP contribution in [0.4, 0.5) is 0 Å². The van der Waals surface area contributed by atoms with Crippen molar-refractivity contribution in [2.75, 3.05) is 0 Å². The van der Waals surface area contributed by atoms with Crippen molar-refractivity contribution in [1.29, 1.82) is 0 Å². The number of rotatable bonds is 12. The van der Waals surface area contributed by atoms with Crippen LogP contribution in [0.5, 0.6) is 0 Å². The molecule has 41 heavy (non-hydrogen) atoms. The highest BCUT2D eigenvalue weighted by Crippen LogP contribution is 2.28. The standard InChI is InChI=1S/C19H29BS2.C17H32N2/c1-13(2)20(16-9-14(11-21-16)18(3,4)5)17-10-15(12-22-17)19(6,7)8;1-6-8-17-11-18-13-19(17)12-16(7-2)10-15(5)9-14(3)4/h9-13H,1-8H3;11,13-16H,6-10,12H2,1-5H3. The molecule has 0 bridgehead atoms. The molecule has 0 aliphatic rings. The van der Waals surface area contributed by atoms with Gasteiger partial charge in [-0.3, -0.25) is 0 Å². The molecule has 0 N–H and O–H groups in total. The van der Waals surface area contributed by atoms with Gasteiger partial charge in [0.1, 0.15) is 0 Å². The normalized spacial score (nSPS) is 13.8. The quantitative estimate of drug-likeness (QED) is 0.190. The van der Waals surface area contributed by atoms with Crippen LogP contribution in [-0.4, -0.2) is 16.3 Å². The first kappa shape index (κ1) is 35.9. The van der Waals surface area contributed by atoms with Crippen molar-refractivity contribution in [2.45, 2.75) is 145 Å². The zero-order valence-electron chi connectivity index (χ0n) is 28.8. The summed E-state index contributed by atoms with van der Waals surface area (Å²) in [6.07, 6.45) is 10.4. The summed E-state index contributed by atoms with van der Waals surface area (Å²) in [6.45, 7) is 31.8. The van der Waals surface area contributed by atoms with Gasteiger partial charge < -0.3 is 4.57 Å². The maximum absolute atomic E-state index is 4.32. The molecule has 5 heteroatoms. The van der Waals surface area contributed by atoms with Crippen LogP contribution in [0.15, 0.2) is 35.4 Å². The number of thiophene rings is 2. The van der Waals surface area contributed by atoms with Crippen LogP contribution in [0.2, 0.25) is 5.82 Å². The second-order valence-corrected chi connectivity index (χ2v) is 17.1. The highest BCUT2D eigenvalue weighted by Gasteiger charge is 2.29. The van der Waals surface area contributed by atoms with Crippen LogP contribution in [-0.2, 0) is 23.8 Å². The Morgan fingerprint density at radius 1 is 0.829 bits per heavy atom. The molecule has 0 saturated heterocycles. The zero-order chi connectivity index (χ0) is 31.0. The lowest BCUT2D eigenvalue weighted by molar-refractivity contribution is 0.305. The molecule has 0 aliphatic heterocycles.